The number of hydrogen-bond acceptors (Lipinski definition) is 4. The van der Waals surface area contributed by atoms with E-state index in [1.165, 1.54) is 0 Å². The summed E-state index contributed by atoms with van der Waals surface area (Å²) in [5.74, 6) is 0.343. The van der Waals surface area contributed by atoms with Gasteiger partial charge >= 0.3 is 0 Å². The van der Waals surface area contributed by atoms with Crippen LogP contribution in [0.3, 0.4) is 0 Å². The molecule has 0 heterocycles. The van der Waals surface area contributed by atoms with Crippen LogP contribution < -0.4 is 14.4 Å². The highest BCUT2D eigenvalue weighted by atomic mass is 32.2. The molecule has 0 aromatic heterocycles. The van der Waals surface area contributed by atoms with E-state index in [-0.39, 0.29) is 24.1 Å². The predicted molar refractivity (Wildman–Crippen MR) is 131 cm³/mol. The highest BCUT2D eigenvalue weighted by Gasteiger charge is 2.27. The topological polar surface area (TPSA) is 75.7 Å². The molecule has 0 aliphatic heterocycles. The van der Waals surface area contributed by atoms with E-state index in [1.54, 1.807) is 42.5 Å². The van der Waals surface area contributed by atoms with Gasteiger partial charge in [-0.1, -0.05) is 48.0 Å². The van der Waals surface area contributed by atoms with Crippen LogP contribution in [0.25, 0.3) is 0 Å². The van der Waals surface area contributed by atoms with E-state index >= 15 is 0 Å². The number of ether oxygens (including phenoxy) is 1. The molecule has 0 radical (unpaired) electrons. The van der Waals surface area contributed by atoms with Crippen LogP contribution in [-0.2, 0) is 14.8 Å². The summed E-state index contributed by atoms with van der Waals surface area (Å²) in [6, 6.07) is 21.0. The van der Waals surface area contributed by atoms with Crippen molar-refractivity contribution >= 4 is 21.6 Å². The van der Waals surface area contributed by atoms with Crippen LogP contribution in [0.1, 0.15) is 23.6 Å². The van der Waals surface area contributed by atoms with Gasteiger partial charge in [0.2, 0.25) is 5.91 Å². The molecule has 7 heteroatoms. The lowest BCUT2D eigenvalue weighted by Gasteiger charge is -2.25. The first kappa shape index (κ1) is 24.3. The van der Waals surface area contributed by atoms with Crippen molar-refractivity contribution < 1.29 is 17.9 Å². The second kappa shape index (κ2) is 10.5. The van der Waals surface area contributed by atoms with Crippen LogP contribution in [0.4, 0.5) is 5.69 Å². The van der Waals surface area contributed by atoms with E-state index in [2.05, 4.69) is 5.32 Å². The van der Waals surface area contributed by atoms with Gasteiger partial charge in [0.1, 0.15) is 18.9 Å². The van der Waals surface area contributed by atoms with Gasteiger partial charge in [0.05, 0.1) is 16.6 Å². The predicted octanol–water partition coefficient (Wildman–Crippen LogP) is 4.39. The van der Waals surface area contributed by atoms with E-state index in [0.29, 0.717) is 5.69 Å². The fraction of sp³-hybridized carbons (Fsp3) is 0.269. The largest absolute Gasteiger partial charge is 0.491 e. The maximum atomic E-state index is 13.4. The molecule has 3 aromatic carbocycles. The molecule has 174 valence electrons. The number of para-hydroxylation sites is 1. The van der Waals surface area contributed by atoms with Crippen molar-refractivity contribution in [2.45, 2.75) is 38.6 Å². The van der Waals surface area contributed by atoms with Crippen LogP contribution >= 0.6 is 0 Å². The quantitative estimate of drug-likeness (QED) is 0.507. The maximum Gasteiger partial charge on any atom is 0.264 e. The van der Waals surface area contributed by atoms with E-state index in [9.17, 15) is 13.2 Å². The summed E-state index contributed by atoms with van der Waals surface area (Å²) in [4.78, 5) is 13.0. The van der Waals surface area contributed by atoms with Crippen LogP contribution in [-0.4, -0.2) is 33.5 Å². The summed E-state index contributed by atoms with van der Waals surface area (Å²) in [6.07, 6.45) is 0. The van der Waals surface area contributed by atoms with Crippen LogP contribution in [0, 0.1) is 20.8 Å². The second-order valence-electron chi connectivity index (χ2n) is 8.21. The Bertz CT molecular complexity index is 1210. The number of benzene rings is 3. The minimum absolute atomic E-state index is 0.137. The lowest BCUT2D eigenvalue weighted by Crippen LogP contribution is -2.45. The van der Waals surface area contributed by atoms with E-state index in [0.717, 1.165) is 26.7 Å². The third-order valence-corrected chi connectivity index (χ3v) is 6.96. The van der Waals surface area contributed by atoms with Gasteiger partial charge in [-0.3, -0.25) is 9.10 Å². The highest BCUT2D eigenvalue weighted by Crippen LogP contribution is 2.24. The van der Waals surface area contributed by atoms with Crippen LogP contribution in [0.2, 0.25) is 0 Å². The number of rotatable bonds is 9. The number of carbonyl (C=O) groups excluding carboxylic acids is 1. The fourth-order valence-electron chi connectivity index (χ4n) is 3.36. The van der Waals surface area contributed by atoms with Gasteiger partial charge in [-0.05, 0) is 69.2 Å². The Morgan fingerprint density at radius 2 is 1.64 bits per heavy atom. The normalized spacial score (nSPS) is 12.1. The molecule has 33 heavy (non-hydrogen) atoms. The fourth-order valence-corrected chi connectivity index (χ4v) is 4.77. The van der Waals surface area contributed by atoms with Crippen molar-refractivity contribution in [1.82, 2.24) is 5.32 Å². The molecule has 1 N–H and O–H groups in total. The first-order chi connectivity index (χ1) is 15.7. The van der Waals surface area contributed by atoms with Crippen molar-refractivity contribution in [2.75, 3.05) is 17.5 Å². The number of aryl methyl sites for hydroxylation is 3. The Morgan fingerprint density at radius 1 is 0.939 bits per heavy atom. The van der Waals surface area contributed by atoms with E-state index in [4.69, 9.17) is 4.74 Å². The summed E-state index contributed by atoms with van der Waals surface area (Å²) in [5.41, 5.74) is 3.30. The molecule has 0 spiro atoms. The molecular weight excluding hydrogens is 436 g/mol. The summed E-state index contributed by atoms with van der Waals surface area (Å²) in [5, 5.41) is 2.85. The van der Waals surface area contributed by atoms with Gasteiger partial charge in [-0.2, -0.15) is 0 Å². The molecule has 0 aliphatic rings. The molecule has 6 nitrogen and oxygen atoms in total. The molecule has 1 unspecified atom stereocenters. The van der Waals surface area contributed by atoms with Gasteiger partial charge in [0.15, 0.2) is 0 Å². The van der Waals surface area contributed by atoms with Crippen LogP contribution in [0.15, 0.2) is 77.7 Å². The summed E-state index contributed by atoms with van der Waals surface area (Å²) in [7, 11) is -3.94. The summed E-state index contributed by atoms with van der Waals surface area (Å²) >= 11 is 0. The van der Waals surface area contributed by atoms with Gasteiger partial charge in [0, 0.05) is 0 Å². The van der Waals surface area contributed by atoms with Crippen molar-refractivity contribution in [1.29, 1.82) is 0 Å². The zero-order chi connectivity index (χ0) is 24.0. The number of nitrogens with zero attached hydrogens (tertiary/aromatic N) is 1. The number of sulfonamides is 1. The number of nitrogens with one attached hydrogen (secondary N) is 1. The van der Waals surface area contributed by atoms with E-state index < -0.39 is 15.9 Å². The molecule has 1 amide bonds. The number of amides is 1. The van der Waals surface area contributed by atoms with Gasteiger partial charge < -0.3 is 10.1 Å². The third-order valence-electron chi connectivity index (χ3n) is 5.18. The smallest absolute Gasteiger partial charge is 0.264 e. The van der Waals surface area contributed by atoms with Crippen molar-refractivity contribution in [3.05, 3.63) is 89.5 Å². The molecule has 1 atom stereocenters. The molecule has 3 aromatic rings. The zero-order valence-corrected chi connectivity index (χ0v) is 20.2. The third kappa shape index (κ3) is 6.35. The Hall–Kier alpha value is -3.32. The summed E-state index contributed by atoms with van der Waals surface area (Å²) in [6.45, 7) is 7.48. The second-order valence-corrected chi connectivity index (χ2v) is 10.1. The molecule has 0 saturated carbocycles. The molecule has 0 bridgehead atoms. The van der Waals surface area contributed by atoms with E-state index in [1.807, 2.05) is 58.0 Å². The molecule has 0 saturated heterocycles. The Balaban J connectivity index is 1.76. The van der Waals surface area contributed by atoms with Gasteiger partial charge in [-0.15, -0.1) is 0 Å². The monoisotopic (exact) mass is 466 g/mol. The molecule has 0 fully saturated rings. The van der Waals surface area contributed by atoms with Crippen LogP contribution in [0.5, 0.6) is 5.75 Å². The summed E-state index contributed by atoms with van der Waals surface area (Å²) < 4.78 is 33.8. The first-order valence-electron chi connectivity index (χ1n) is 10.8. The average Bonchev–Trinajstić information content (AvgIpc) is 2.77. The van der Waals surface area contributed by atoms with Crippen molar-refractivity contribution in [3.8, 4) is 5.75 Å². The van der Waals surface area contributed by atoms with Crippen molar-refractivity contribution in [2.24, 2.45) is 0 Å². The molecule has 0 aliphatic carbocycles. The number of carbonyl (C=O) groups is 1. The molecular formula is C26H30N2O4S. The minimum Gasteiger partial charge on any atom is -0.491 e. The lowest BCUT2D eigenvalue weighted by atomic mass is 10.2. The molecule has 3 rings (SSSR count). The zero-order valence-electron chi connectivity index (χ0n) is 19.4. The lowest BCUT2D eigenvalue weighted by molar-refractivity contribution is -0.120. The average molecular weight is 467 g/mol. The Morgan fingerprint density at radius 3 is 2.30 bits per heavy atom. The standard InChI is InChI=1S/C26H30N2O4S/c1-19-12-14-24(15-13-19)33(30,31)28(23-10-7-8-20(2)16-23)17-26(29)27-22(4)18-32-25-11-6-5-9-21(25)3/h5-16,22H,17-18H2,1-4H3,(H,27,29). The minimum atomic E-state index is -3.94. The Labute approximate surface area is 196 Å². The Kier molecular flexibility index (Phi) is 7.76. The van der Waals surface area contributed by atoms with Gasteiger partial charge in [-0.25, -0.2) is 8.42 Å². The number of anilines is 1. The highest BCUT2D eigenvalue weighted by molar-refractivity contribution is 7.92. The first-order valence-corrected chi connectivity index (χ1v) is 12.2. The maximum absolute atomic E-state index is 13.4. The SMILES string of the molecule is Cc1ccc(S(=O)(=O)N(CC(=O)NC(C)COc2ccccc2C)c2cccc(C)c2)cc1. The van der Waals surface area contributed by atoms with Gasteiger partial charge in [0.25, 0.3) is 10.0 Å². The number of hydrogen-bond donors (Lipinski definition) is 1. The van der Waals surface area contributed by atoms with Crippen molar-refractivity contribution in [3.63, 3.8) is 0 Å².